The fourth-order valence-electron chi connectivity index (χ4n) is 1.52. The van der Waals surface area contributed by atoms with Crippen molar-refractivity contribution in [3.63, 3.8) is 0 Å². The van der Waals surface area contributed by atoms with Gasteiger partial charge in [-0.3, -0.25) is 0 Å². The van der Waals surface area contributed by atoms with E-state index in [2.05, 4.69) is 27.7 Å². The lowest BCUT2D eigenvalue weighted by Crippen LogP contribution is -2.14. The van der Waals surface area contributed by atoms with Crippen LogP contribution in [0.1, 0.15) is 11.4 Å². The van der Waals surface area contributed by atoms with Crippen molar-refractivity contribution in [2.75, 3.05) is 5.32 Å². The Bertz CT molecular complexity index is 626. The summed E-state index contributed by atoms with van der Waals surface area (Å²) in [5.41, 5.74) is 5.19. The van der Waals surface area contributed by atoms with Crippen LogP contribution in [0.5, 0.6) is 0 Å². The van der Waals surface area contributed by atoms with Crippen LogP contribution in [0.4, 0.5) is 14.5 Å². The number of hydrogen-bond donors (Lipinski definition) is 2. The highest BCUT2D eigenvalue weighted by Crippen LogP contribution is 2.21. The Balaban J connectivity index is 2.20. The van der Waals surface area contributed by atoms with E-state index in [-0.39, 0.29) is 22.8 Å². The van der Waals surface area contributed by atoms with Crippen LogP contribution >= 0.6 is 12.2 Å². The molecule has 2 rings (SSSR count). The summed E-state index contributed by atoms with van der Waals surface area (Å²) in [6.07, 6.45) is 1.52. The topological polar surface area (TPSA) is 68.8 Å². The van der Waals surface area contributed by atoms with E-state index in [1.54, 1.807) is 11.6 Å². The maximum Gasteiger partial charge on any atom is 0.182 e. The lowest BCUT2D eigenvalue weighted by Gasteiger charge is -2.09. The quantitative estimate of drug-likeness (QED) is 0.829. The molecule has 0 aliphatic carbocycles. The van der Waals surface area contributed by atoms with E-state index in [1.807, 2.05) is 0 Å². The van der Waals surface area contributed by atoms with Gasteiger partial charge in [-0.05, 0) is 12.1 Å². The number of thiocarbonyl (C=S) groups is 1. The van der Waals surface area contributed by atoms with Gasteiger partial charge in [-0.25, -0.2) is 8.78 Å². The Kier molecular flexibility index (Phi) is 3.70. The van der Waals surface area contributed by atoms with E-state index in [0.29, 0.717) is 5.82 Å². The summed E-state index contributed by atoms with van der Waals surface area (Å²) in [6.45, 7) is 0.222. The lowest BCUT2D eigenvalue weighted by atomic mass is 10.2. The minimum absolute atomic E-state index is 0.0144. The predicted molar refractivity (Wildman–Crippen MR) is 70.6 cm³/mol. The van der Waals surface area contributed by atoms with Gasteiger partial charge < -0.3 is 15.6 Å². The third-order valence-electron chi connectivity index (χ3n) is 2.59. The second-order valence-corrected chi connectivity index (χ2v) is 4.30. The number of anilines is 1. The first-order chi connectivity index (χ1) is 9.00. The number of aromatic nitrogens is 3. The van der Waals surface area contributed by atoms with Crippen molar-refractivity contribution in [2.45, 2.75) is 6.54 Å². The largest absolute Gasteiger partial charge is 0.389 e. The molecule has 5 nitrogen and oxygen atoms in total. The Hall–Kier alpha value is -2.09. The van der Waals surface area contributed by atoms with Crippen molar-refractivity contribution < 1.29 is 8.78 Å². The third-order valence-corrected chi connectivity index (χ3v) is 2.81. The number of nitrogens with zero attached hydrogens (tertiary/aromatic N) is 3. The monoisotopic (exact) mass is 283 g/mol. The van der Waals surface area contributed by atoms with Gasteiger partial charge in [0.2, 0.25) is 0 Å². The van der Waals surface area contributed by atoms with E-state index < -0.39 is 11.6 Å². The highest BCUT2D eigenvalue weighted by molar-refractivity contribution is 7.80. The van der Waals surface area contributed by atoms with Gasteiger partial charge in [0, 0.05) is 12.6 Å². The fraction of sp³-hybridized carbons (Fsp3) is 0.182. The fourth-order valence-corrected chi connectivity index (χ4v) is 1.68. The number of nitrogens with two attached hydrogens (primary N) is 1. The molecule has 0 fully saturated rings. The van der Waals surface area contributed by atoms with Gasteiger partial charge in [-0.1, -0.05) is 12.2 Å². The van der Waals surface area contributed by atoms with Gasteiger partial charge in [0.1, 0.15) is 11.3 Å². The summed E-state index contributed by atoms with van der Waals surface area (Å²) in [5.74, 6) is -1.49. The van der Waals surface area contributed by atoms with E-state index >= 15 is 0 Å². The number of benzene rings is 1. The molecule has 0 saturated carbocycles. The molecule has 0 aliphatic rings. The molecule has 0 amide bonds. The standard InChI is InChI=1S/C11H11F2N5S/c1-18-5-16-17-8(18)4-15-7-3-2-6(11(14)19)9(12)10(7)13/h2-3,5,15H,4H2,1H3,(H2,14,19). The van der Waals surface area contributed by atoms with E-state index in [1.165, 1.54) is 18.5 Å². The van der Waals surface area contributed by atoms with Crippen LogP contribution in [0.15, 0.2) is 18.5 Å². The first-order valence-electron chi connectivity index (χ1n) is 5.35. The van der Waals surface area contributed by atoms with Gasteiger partial charge in [-0.15, -0.1) is 10.2 Å². The summed E-state index contributed by atoms with van der Waals surface area (Å²) in [4.78, 5) is -0.184. The Labute approximate surface area is 113 Å². The minimum Gasteiger partial charge on any atom is -0.389 e. The summed E-state index contributed by atoms with van der Waals surface area (Å²) < 4.78 is 29.1. The van der Waals surface area contributed by atoms with Gasteiger partial charge in [0.15, 0.2) is 17.5 Å². The summed E-state index contributed by atoms with van der Waals surface area (Å²) in [7, 11) is 1.75. The Morgan fingerprint density at radius 3 is 2.74 bits per heavy atom. The lowest BCUT2D eigenvalue weighted by molar-refractivity contribution is 0.509. The van der Waals surface area contributed by atoms with Crippen molar-refractivity contribution in [1.29, 1.82) is 0 Å². The molecular formula is C11H11F2N5S. The molecule has 8 heteroatoms. The van der Waals surface area contributed by atoms with E-state index in [0.717, 1.165) is 0 Å². The second-order valence-electron chi connectivity index (χ2n) is 3.86. The maximum absolute atomic E-state index is 13.8. The van der Waals surface area contributed by atoms with Gasteiger partial charge in [-0.2, -0.15) is 0 Å². The highest BCUT2D eigenvalue weighted by Gasteiger charge is 2.15. The molecule has 1 aromatic heterocycles. The molecule has 100 valence electrons. The third kappa shape index (κ3) is 2.68. The van der Waals surface area contributed by atoms with Crippen molar-refractivity contribution >= 4 is 22.9 Å². The molecule has 1 heterocycles. The molecule has 19 heavy (non-hydrogen) atoms. The molecule has 0 saturated heterocycles. The number of hydrogen-bond acceptors (Lipinski definition) is 4. The smallest absolute Gasteiger partial charge is 0.182 e. The summed E-state index contributed by atoms with van der Waals surface area (Å²) in [6, 6.07) is 2.71. The molecule has 0 atom stereocenters. The van der Waals surface area contributed by atoms with Gasteiger partial charge in [0.25, 0.3) is 0 Å². The normalized spacial score (nSPS) is 10.5. The summed E-state index contributed by atoms with van der Waals surface area (Å²) in [5, 5.41) is 10.2. The highest BCUT2D eigenvalue weighted by atomic mass is 32.1. The van der Waals surface area contributed by atoms with Crippen LogP contribution in [-0.4, -0.2) is 19.8 Å². The molecule has 1 aromatic carbocycles. The Morgan fingerprint density at radius 2 is 2.16 bits per heavy atom. The second kappa shape index (κ2) is 5.27. The molecular weight excluding hydrogens is 272 g/mol. The zero-order valence-electron chi connectivity index (χ0n) is 10.0. The van der Waals surface area contributed by atoms with Crippen molar-refractivity contribution in [3.8, 4) is 0 Å². The first-order valence-corrected chi connectivity index (χ1v) is 5.76. The maximum atomic E-state index is 13.8. The number of rotatable bonds is 4. The zero-order valence-corrected chi connectivity index (χ0v) is 10.8. The average Bonchev–Trinajstić information content (AvgIpc) is 2.76. The van der Waals surface area contributed by atoms with Crippen LogP contribution in [0.3, 0.4) is 0 Å². The molecule has 0 unspecified atom stereocenters. The molecule has 0 bridgehead atoms. The molecule has 0 radical (unpaired) electrons. The van der Waals surface area contributed by atoms with Crippen molar-refractivity contribution in [3.05, 3.63) is 41.5 Å². The average molecular weight is 283 g/mol. The van der Waals surface area contributed by atoms with Crippen LogP contribution in [0.2, 0.25) is 0 Å². The SMILES string of the molecule is Cn1cnnc1CNc1ccc(C(N)=S)c(F)c1F. The summed E-state index contributed by atoms with van der Waals surface area (Å²) >= 11 is 4.63. The molecule has 3 N–H and O–H groups in total. The van der Waals surface area contributed by atoms with Crippen molar-refractivity contribution in [1.82, 2.24) is 14.8 Å². The number of aryl methyl sites for hydroxylation is 1. The predicted octanol–water partition coefficient (Wildman–Crippen LogP) is 1.34. The van der Waals surface area contributed by atoms with Crippen LogP contribution in [0.25, 0.3) is 0 Å². The number of nitrogens with one attached hydrogen (secondary N) is 1. The van der Waals surface area contributed by atoms with E-state index in [4.69, 9.17) is 5.73 Å². The van der Waals surface area contributed by atoms with Gasteiger partial charge in [0.05, 0.1) is 12.2 Å². The first kappa shape index (κ1) is 13.3. The minimum atomic E-state index is -1.06. The molecule has 2 aromatic rings. The van der Waals surface area contributed by atoms with Crippen LogP contribution in [-0.2, 0) is 13.6 Å². The van der Waals surface area contributed by atoms with Gasteiger partial charge >= 0.3 is 0 Å². The van der Waals surface area contributed by atoms with E-state index in [9.17, 15) is 8.78 Å². The number of halogens is 2. The van der Waals surface area contributed by atoms with Crippen LogP contribution in [0, 0.1) is 11.6 Å². The molecule has 0 aliphatic heterocycles. The molecule has 0 spiro atoms. The zero-order chi connectivity index (χ0) is 14.0. The van der Waals surface area contributed by atoms with Crippen LogP contribution < -0.4 is 11.1 Å². The van der Waals surface area contributed by atoms with Crippen molar-refractivity contribution in [2.24, 2.45) is 12.8 Å². The Morgan fingerprint density at radius 1 is 1.42 bits per heavy atom.